The van der Waals surface area contributed by atoms with Gasteiger partial charge in [0, 0.05) is 10.9 Å². The summed E-state index contributed by atoms with van der Waals surface area (Å²) < 4.78 is 0. The van der Waals surface area contributed by atoms with Crippen LogP contribution in [0.25, 0.3) is 11.3 Å². The van der Waals surface area contributed by atoms with E-state index in [0.29, 0.717) is 10.0 Å². The van der Waals surface area contributed by atoms with Gasteiger partial charge in [-0.3, -0.25) is 9.59 Å². The number of hydrogen-bond acceptors (Lipinski definition) is 5. The van der Waals surface area contributed by atoms with E-state index in [4.69, 9.17) is 0 Å². The summed E-state index contributed by atoms with van der Waals surface area (Å²) in [6.07, 6.45) is 0. The van der Waals surface area contributed by atoms with Crippen molar-refractivity contribution in [1.29, 1.82) is 0 Å². The minimum Gasteiger partial charge on any atom is -0.342 e. The van der Waals surface area contributed by atoms with Crippen molar-refractivity contribution in [3.63, 3.8) is 0 Å². The Bertz CT molecular complexity index is 923. The fraction of sp³-hybridized carbons (Fsp3) is 0.250. The molecule has 27 heavy (non-hydrogen) atoms. The van der Waals surface area contributed by atoms with Crippen molar-refractivity contribution in [2.45, 2.75) is 26.2 Å². The van der Waals surface area contributed by atoms with Gasteiger partial charge in [-0.25, -0.2) is 4.98 Å². The van der Waals surface area contributed by atoms with Crippen molar-refractivity contribution in [3.8, 4) is 11.3 Å². The molecule has 140 valence electrons. The monoisotopic (exact) mass is 399 g/mol. The van der Waals surface area contributed by atoms with Crippen LogP contribution in [0.4, 0.5) is 5.13 Å². The maximum atomic E-state index is 12.0. The van der Waals surface area contributed by atoms with E-state index in [9.17, 15) is 9.59 Å². The molecule has 0 aliphatic rings. The van der Waals surface area contributed by atoms with Gasteiger partial charge in [-0.15, -0.1) is 22.7 Å². The lowest BCUT2D eigenvalue weighted by molar-refractivity contribution is -0.115. The first-order valence-electron chi connectivity index (χ1n) is 8.51. The van der Waals surface area contributed by atoms with Crippen molar-refractivity contribution in [1.82, 2.24) is 10.3 Å². The molecule has 2 amide bonds. The van der Waals surface area contributed by atoms with Crippen LogP contribution >= 0.6 is 22.7 Å². The van der Waals surface area contributed by atoms with E-state index >= 15 is 0 Å². The molecule has 3 rings (SSSR count). The first-order chi connectivity index (χ1) is 12.8. The third kappa shape index (κ3) is 5.02. The Morgan fingerprint density at radius 2 is 1.81 bits per heavy atom. The molecule has 0 radical (unpaired) electrons. The third-order valence-corrected chi connectivity index (χ3v) is 5.58. The molecule has 0 aliphatic carbocycles. The van der Waals surface area contributed by atoms with Crippen molar-refractivity contribution in [3.05, 3.63) is 57.6 Å². The van der Waals surface area contributed by atoms with Gasteiger partial charge >= 0.3 is 0 Å². The number of carbonyl (C=O) groups excluding carboxylic acids is 2. The number of carbonyl (C=O) groups is 2. The predicted octanol–water partition coefficient (Wildman–Crippen LogP) is 4.54. The Balaban J connectivity index is 1.57. The summed E-state index contributed by atoms with van der Waals surface area (Å²) in [6, 6.07) is 11.8. The number of thiazole rings is 1. The van der Waals surface area contributed by atoms with Gasteiger partial charge in [0.25, 0.3) is 5.91 Å². The topological polar surface area (TPSA) is 71.1 Å². The highest BCUT2D eigenvalue weighted by Gasteiger charge is 2.14. The van der Waals surface area contributed by atoms with Crippen molar-refractivity contribution in [2.75, 3.05) is 11.9 Å². The van der Waals surface area contributed by atoms with E-state index in [0.717, 1.165) is 11.3 Å². The molecule has 2 N–H and O–H groups in total. The molecule has 2 aromatic heterocycles. The molecule has 0 atom stereocenters. The van der Waals surface area contributed by atoms with Crippen LogP contribution in [0, 0.1) is 0 Å². The van der Waals surface area contributed by atoms with Gasteiger partial charge in [0.15, 0.2) is 5.13 Å². The zero-order chi connectivity index (χ0) is 19.4. The second-order valence-electron chi connectivity index (χ2n) is 7.07. The molecule has 3 aromatic rings. The van der Waals surface area contributed by atoms with Gasteiger partial charge in [0.1, 0.15) is 0 Å². The number of benzene rings is 1. The standard InChI is InChI=1S/C20H21N3O2S2/c1-20(2,3)14-8-6-13(7-9-14)15-12-27-19(22-15)23-17(24)11-21-18(25)16-5-4-10-26-16/h4-10,12H,11H2,1-3H3,(H,21,25)(H,22,23,24). The maximum Gasteiger partial charge on any atom is 0.261 e. The van der Waals surface area contributed by atoms with E-state index in [-0.39, 0.29) is 23.8 Å². The van der Waals surface area contributed by atoms with E-state index < -0.39 is 0 Å². The van der Waals surface area contributed by atoms with Crippen LogP contribution in [-0.4, -0.2) is 23.3 Å². The molecule has 2 heterocycles. The molecule has 0 saturated carbocycles. The number of amides is 2. The lowest BCUT2D eigenvalue weighted by Gasteiger charge is -2.18. The summed E-state index contributed by atoms with van der Waals surface area (Å²) in [6.45, 7) is 6.44. The highest BCUT2D eigenvalue weighted by atomic mass is 32.1. The highest BCUT2D eigenvalue weighted by Crippen LogP contribution is 2.28. The zero-order valence-corrected chi connectivity index (χ0v) is 17.0. The summed E-state index contributed by atoms with van der Waals surface area (Å²) in [5.41, 5.74) is 3.19. The highest BCUT2D eigenvalue weighted by molar-refractivity contribution is 7.14. The van der Waals surface area contributed by atoms with Crippen molar-refractivity contribution in [2.24, 2.45) is 0 Å². The Morgan fingerprint density at radius 1 is 1.07 bits per heavy atom. The van der Waals surface area contributed by atoms with Crippen molar-refractivity contribution < 1.29 is 9.59 Å². The van der Waals surface area contributed by atoms with Crippen LogP contribution in [0.2, 0.25) is 0 Å². The average Bonchev–Trinajstić information content (AvgIpc) is 3.31. The third-order valence-electron chi connectivity index (χ3n) is 3.95. The summed E-state index contributed by atoms with van der Waals surface area (Å²) >= 11 is 2.70. The molecule has 1 aromatic carbocycles. The van der Waals surface area contributed by atoms with Crippen LogP contribution in [-0.2, 0) is 10.2 Å². The maximum absolute atomic E-state index is 12.0. The number of anilines is 1. The number of thiophene rings is 1. The zero-order valence-electron chi connectivity index (χ0n) is 15.4. The smallest absolute Gasteiger partial charge is 0.261 e. The number of hydrogen-bond donors (Lipinski definition) is 2. The molecule has 0 unspecified atom stereocenters. The van der Waals surface area contributed by atoms with Gasteiger partial charge < -0.3 is 10.6 Å². The second kappa shape index (κ2) is 8.02. The van der Waals surface area contributed by atoms with E-state index in [1.807, 2.05) is 22.9 Å². The average molecular weight is 400 g/mol. The SMILES string of the molecule is CC(C)(C)c1ccc(-c2csc(NC(=O)CNC(=O)c3cccs3)n2)cc1. The van der Waals surface area contributed by atoms with Gasteiger partial charge in [-0.1, -0.05) is 51.1 Å². The van der Waals surface area contributed by atoms with Crippen LogP contribution < -0.4 is 10.6 Å². The van der Waals surface area contributed by atoms with E-state index in [1.165, 1.54) is 28.2 Å². The molecule has 0 fully saturated rings. The summed E-state index contributed by atoms with van der Waals surface area (Å²) in [4.78, 5) is 28.9. The van der Waals surface area contributed by atoms with Crippen LogP contribution in [0.1, 0.15) is 36.0 Å². The molecule has 7 heteroatoms. The van der Waals surface area contributed by atoms with Crippen LogP contribution in [0.3, 0.4) is 0 Å². The normalized spacial score (nSPS) is 11.2. The molecule has 0 aliphatic heterocycles. The van der Waals surface area contributed by atoms with Crippen molar-refractivity contribution >= 4 is 39.6 Å². The number of aromatic nitrogens is 1. The summed E-state index contributed by atoms with van der Waals surface area (Å²) in [5.74, 6) is -0.553. The Labute approximate surface area is 166 Å². The quantitative estimate of drug-likeness (QED) is 0.662. The molecular weight excluding hydrogens is 378 g/mol. The Kier molecular flexibility index (Phi) is 5.72. The lowest BCUT2D eigenvalue weighted by Crippen LogP contribution is -2.32. The minimum atomic E-state index is -0.302. The van der Waals surface area contributed by atoms with Gasteiger partial charge in [-0.2, -0.15) is 0 Å². The van der Waals surface area contributed by atoms with Gasteiger partial charge in [0.05, 0.1) is 17.1 Å². The minimum absolute atomic E-state index is 0.0913. The largest absolute Gasteiger partial charge is 0.342 e. The Morgan fingerprint density at radius 3 is 2.44 bits per heavy atom. The lowest BCUT2D eigenvalue weighted by atomic mass is 9.86. The molecule has 0 saturated heterocycles. The molecule has 0 bridgehead atoms. The first-order valence-corrected chi connectivity index (χ1v) is 10.3. The van der Waals surface area contributed by atoms with Crippen LogP contribution in [0.15, 0.2) is 47.2 Å². The Hall–Kier alpha value is -2.51. The number of rotatable bonds is 5. The second-order valence-corrected chi connectivity index (χ2v) is 8.88. The first kappa shape index (κ1) is 19.3. The van der Waals surface area contributed by atoms with E-state index in [1.54, 1.807) is 12.1 Å². The van der Waals surface area contributed by atoms with E-state index in [2.05, 4.69) is 48.5 Å². The fourth-order valence-electron chi connectivity index (χ4n) is 2.42. The van der Waals surface area contributed by atoms with Gasteiger partial charge in [-0.05, 0) is 22.4 Å². The fourth-order valence-corrected chi connectivity index (χ4v) is 3.80. The number of nitrogens with one attached hydrogen (secondary N) is 2. The van der Waals surface area contributed by atoms with Crippen LogP contribution in [0.5, 0.6) is 0 Å². The summed E-state index contributed by atoms with van der Waals surface area (Å²) in [5, 5.41) is 9.57. The molecule has 5 nitrogen and oxygen atoms in total. The number of nitrogens with zero attached hydrogens (tertiary/aromatic N) is 1. The summed E-state index contributed by atoms with van der Waals surface area (Å²) in [7, 11) is 0. The predicted molar refractivity (Wildman–Crippen MR) is 112 cm³/mol. The van der Waals surface area contributed by atoms with Gasteiger partial charge in [0.2, 0.25) is 5.91 Å². The molecule has 0 spiro atoms. The molecular formula is C20H21N3O2S2.